The molecular formula is C31H31F2N9O. The van der Waals surface area contributed by atoms with Crippen LogP contribution in [-0.4, -0.2) is 49.2 Å². The summed E-state index contributed by atoms with van der Waals surface area (Å²) in [5, 5.41) is 21.9. The number of anilines is 2. The van der Waals surface area contributed by atoms with Gasteiger partial charge in [-0.2, -0.15) is 0 Å². The van der Waals surface area contributed by atoms with Gasteiger partial charge >= 0.3 is 0 Å². The van der Waals surface area contributed by atoms with Gasteiger partial charge in [0.05, 0.1) is 11.4 Å². The molecule has 0 aliphatic heterocycles. The predicted molar refractivity (Wildman–Crippen MR) is 157 cm³/mol. The summed E-state index contributed by atoms with van der Waals surface area (Å²) in [7, 11) is 0. The molecule has 0 aromatic carbocycles. The molecule has 0 radical (unpaired) electrons. The molecule has 0 saturated heterocycles. The summed E-state index contributed by atoms with van der Waals surface area (Å²) in [4.78, 5) is 22.8. The van der Waals surface area contributed by atoms with E-state index < -0.39 is 0 Å². The molecule has 0 unspecified atom stereocenters. The van der Waals surface area contributed by atoms with E-state index in [-0.39, 0.29) is 34.1 Å². The number of carbonyl (C=O) groups excluding carboxylic acids is 1. The lowest BCUT2D eigenvalue weighted by molar-refractivity contribution is 0.101. The molecule has 2 aliphatic carbocycles. The fourth-order valence-corrected chi connectivity index (χ4v) is 5.37. The highest BCUT2D eigenvalue weighted by molar-refractivity contribution is 5.91. The number of carbonyl (C=O) groups is 1. The van der Waals surface area contributed by atoms with Crippen LogP contribution in [0.25, 0.3) is 4.85 Å². The summed E-state index contributed by atoms with van der Waals surface area (Å²) >= 11 is 0. The van der Waals surface area contributed by atoms with Crippen molar-refractivity contribution in [2.75, 3.05) is 23.7 Å². The Morgan fingerprint density at radius 2 is 1.30 bits per heavy atom. The summed E-state index contributed by atoms with van der Waals surface area (Å²) in [6, 6.07) is 12.8. The molecule has 2 fully saturated rings. The van der Waals surface area contributed by atoms with Crippen molar-refractivity contribution in [1.29, 1.82) is 0 Å². The largest absolute Gasteiger partial charge is 0.368 e. The van der Waals surface area contributed by atoms with E-state index in [1.165, 1.54) is 19.1 Å². The van der Waals surface area contributed by atoms with E-state index in [1.807, 2.05) is 0 Å². The summed E-state index contributed by atoms with van der Waals surface area (Å²) in [6.07, 6.45) is 8.98. The molecule has 0 amide bonds. The normalized spacial score (nSPS) is 15.9. The molecule has 2 aliphatic rings. The maximum Gasteiger partial charge on any atom is 0.296 e. The van der Waals surface area contributed by atoms with Gasteiger partial charge in [0, 0.05) is 43.2 Å². The molecule has 0 spiro atoms. The molecular weight excluding hydrogens is 552 g/mol. The zero-order valence-corrected chi connectivity index (χ0v) is 23.7. The number of hydrogen-bond donors (Lipinski definition) is 2. The Bertz CT molecular complexity index is 1600. The number of aromatic nitrogens is 6. The van der Waals surface area contributed by atoms with Crippen molar-refractivity contribution >= 4 is 23.2 Å². The molecule has 4 aromatic heterocycles. The van der Waals surface area contributed by atoms with Crippen LogP contribution in [0.15, 0.2) is 60.9 Å². The minimum absolute atomic E-state index is 0.120. The van der Waals surface area contributed by atoms with Gasteiger partial charge in [0.2, 0.25) is 0 Å². The summed E-state index contributed by atoms with van der Waals surface area (Å²) < 4.78 is 28.0. The maximum absolute atomic E-state index is 14.0. The number of Topliss-reactive ketones (excluding diaryl/α,β-unsaturated/α-hetero) is 1. The van der Waals surface area contributed by atoms with Gasteiger partial charge in [-0.1, -0.05) is 19.4 Å². The van der Waals surface area contributed by atoms with Gasteiger partial charge in [0.15, 0.2) is 11.6 Å². The number of rotatable bonds is 9. The summed E-state index contributed by atoms with van der Waals surface area (Å²) in [5.74, 6) is 0.785. The number of nitrogens with zero attached hydrogens (tertiary/aromatic N) is 7. The van der Waals surface area contributed by atoms with Crippen molar-refractivity contribution in [3.63, 3.8) is 0 Å². The third kappa shape index (κ3) is 6.61. The molecule has 0 atom stereocenters. The molecule has 0 bridgehead atoms. The molecule has 4 heterocycles. The van der Waals surface area contributed by atoms with Crippen LogP contribution >= 0.6 is 0 Å². The fraction of sp³-hybridized carbons (Fsp3) is 0.355. The van der Waals surface area contributed by atoms with Crippen LogP contribution in [0.3, 0.4) is 0 Å². The van der Waals surface area contributed by atoms with Crippen LogP contribution in [-0.2, 0) is 10.8 Å². The van der Waals surface area contributed by atoms with Crippen LogP contribution in [0.2, 0.25) is 0 Å². The zero-order valence-electron chi connectivity index (χ0n) is 23.7. The summed E-state index contributed by atoms with van der Waals surface area (Å²) in [6.45, 7) is 9.40. The first kappa shape index (κ1) is 29.6. The topological polar surface area (TPSA) is 123 Å². The number of ketones is 1. The Labute approximate surface area is 248 Å². The molecule has 220 valence electrons. The quantitative estimate of drug-likeness (QED) is 0.185. The Morgan fingerprint density at radius 3 is 1.65 bits per heavy atom. The highest BCUT2D eigenvalue weighted by Crippen LogP contribution is 2.44. The minimum atomic E-state index is -0.285. The van der Waals surface area contributed by atoms with Crippen molar-refractivity contribution in [3.8, 4) is 0 Å². The first-order valence-electron chi connectivity index (χ1n) is 14.1. The Balaban J connectivity index is 0.000000171. The van der Waals surface area contributed by atoms with Crippen molar-refractivity contribution in [2.24, 2.45) is 0 Å². The fourth-order valence-electron chi connectivity index (χ4n) is 5.37. The van der Waals surface area contributed by atoms with Gasteiger partial charge < -0.3 is 15.5 Å². The van der Waals surface area contributed by atoms with E-state index >= 15 is 0 Å². The molecule has 2 saturated carbocycles. The average molecular weight is 584 g/mol. The highest BCUT2D eigenvalue weighted by atomic mass is 19.1. The van der Waals surface area contributed by atoms with Crippen LogP contribution in [0.4, 0.5) is 26.2 Å². The second-order valence-corrected chi connectivity index (χ2v) is 10.9. The Hall–Kier alpha value is -4.92. The predicted octanol–water partition coefficient (Wildman–Crippen LogP) is 5.84. The number of halogens is 2. The third-order valence-electron chi connectivity index (χ3n) is 8.15. The molecule has 12 heteroatoms. The second-order valence-electron chi connectivity index (χ2n) is 10.9. The molecule has 6 rings (SSSR count). The van der Waals surface area contributed by atoms with Crippen molar-refractivity contribution in [3.05, 3.63) is 101 Å². The zero-order chi connectivity index (χ0) is 30.3. The van der Waals surface area contributed by atoms with E-state index in [2.05, 4.69) is 45.8 Å². The highest BCUT2D eigenvalue weighted by Gasteiger charge is 2.42. The minimum Gasteiger partial charge on any atom is -0.368 e. The van der Waals surface area contributed by atoms with E-state index in [4.69, 9.17) is 6.57 Å². The maximum atomic E-state index is 14.0. The van der Waals surface area contributed by atoms with Crippen molar-refractivity contribution < 1.29 is 13.6 Å². The number of hydrogen-bond acceptors (Lipinski definition) is 9. The van der Waals surface area contributed by atoms with Gasteiger partial charge in [0.1, 0.15) is 23.1 Å². The van der Waals surface area contributed by atoms with Gasteiger partial charge in [-0.15, -0.1) is 10.2 Å². The number of nitrogens with one attached hydrogen (secondary N) is 2. The molecule has 2 N–H and O–H groups in total. The lowest BCUT2D eigenvalue weighted by Crippen LogP contribution is -2.42. The van der Waals surface area contributed by atoms with Crippen molar-refractivity contribution in [1.82, 2.24) is 30.4 Å². The molecule has 43 heavy (non-hydrogen) atoms. The number of pyridine rings is 2. The lowest BCUT2D eigenvalue weighted by atomic mass is 9.66. The van der Waals surface area contributed by atoms with E-state index in [9.17, 15) is 13.6 Å². The van der Waals surface area contributed by atoms with Gasteiger partial charge in [-0.05, 0) is 84.4 Å². The third-order valence-corrected chi connectivity index (χ3v) is 8.15. The SMILES string of the molecule is CC(=O)c1ccc(NCC2(c3ncccc3F)CCC2)nn1.[C-]#[N+]c1ccc(NCC2(c3ncccc3F)CCC2)nn1. The molecule has 4 aromatic rings. The lowest BCUT2D eigenvalue weighted by Gasteiger charge is -2.41. The van der Waals surface area contributed by atoms with E-state index in [1.54, 1.807) is 48.8 Å². The molecule has 10 nitrogen and oxygen atoms in total. The first-order chi connectivity index (χ1) is 20.8. The van der Waals surface area contributed by atoms with E-state index in [0.717, 1.165) is 38.5 Å². The standard InChI is InChI=1S/C16H17FN4O.C15H14FN5/c1-11(22)13-5-6-14(21-20-13)19-10-16(7-3-8-16)15-12(17)4-2-9-18-15;1-17-12-5-6-13(21-20-12)19-10-15(7-3-8-15)14-11(16)4-2-9-18-14/h2,4-6,9H,3,7-8,10H2,1H3,(H,19,21);2,4-6,9H,3,7-8,10H2,(H,19,21). The summed E-state index contributed by atoms with van der Waals surface area (Å²) in [5.41, 5.74) is 0.814. The average Bonchev–Trinajstić information content (AvgIpc) is 2.98. The monoisotopic (exact) mass is 583 g/mol. The van der Waals surface area contributed by atoms with Gasteiger partial charge in [-0.3, -0.25) is 14.8 Å². The van der Waals surface area contributed by atoms with Crippen LogP contribution < -0.4 is 10.6 Å². The van der Waals surface area contributed by atoms with Crippen molar-refractivity contribution in [2.45, 2.75) is 56.3 Å². The second kappa shape index (κ2) is 12.9. The Kier molecular flexibility index (Phi) is 8.90. The first-order valence-corrected chi connectivity index (χ1v) is 14.1. The van der Waals surface area contributed by atoms with E-state index in [0.29, 0.717) is 41.8 Å². The van der Waals surface area contributed by atoms with Crippen LogP contribution in [0.1, 0.15) is 67.3 Å². The van der Waals surface area contributed by atoms with Gasteiger partial charge in [0.25, 0.3) is 5.82 Å². The Morgan fingerprint density at radius 1 is 0.791 bits per heavy atom. The van der Waals surface area contributed by atoms with Crippen LogP contribution in [0.5, 0.6) is 0 Å². The van der Waals surface area contributed by atoms with Gasteiger partial charge in [-0.25, -0.2) is 8.78 Å². The van der Waals surface area contributed by atoms with Crippen LogP contribution in [0, 0.1) is 18.2 Å². The smallest absolute Gasteiger partial charge is 0.296 e.